The van der Waals surface area contributed by atoms with Gasteiger partial charge in [0.15, 0.2) is 5.13 Å². The van der Waals surface area contributed by atoms with Gasteiger partial charge in [-0.2, -0.15) is 0 Å². The van der Waals surface area contributed by atoms with Crippen molar-refractivity contribution in [2.24, 2.45) is 0 Å². The molecule has 0 radical (unpaired) electrons. The minimum Gasteiger partial charge on any atom is -0.492 e. The number of ether oxygens (including phenoxy) is 1. The topological polar surface area (TPSA) is 34.1 Å². The zero-order valence-corrected chi connectivity index (χ0v) is 12.3. The Hall–Kier alpha value is -2.07. The molecule has 0 aliphatic rings. The van der Waals surface area contributed by atoms with Gasteiger partial charge in [0, 0.05) is 0 Å². The minimum atomic E-state index is 0.651. The lowest BCUT2D eigenvalue weighted by Crippen LogP contribution is -1.97. The number of fused-ring (bicyclic) bond motifs is 1. The molecule has 1 heterocycles. The molecule has 0 amide bonds. The van der Waals surface area contributed by atoms with Crippen molar-refractivity contribution < 1.29 is 4.74 Å². The second kappa shape index (κ2) is 5.51. The van der Waals surface area contributed by atoms with Crippen LogP contribution in [-0.4, -0.2) is 11.6 Å². The summed E-state index contributed by atoms with van der Waals surface area (Å²) in [6.07, 6.45) is 0. The summed E-state index contributed by atoms with van der Waals surface area (Å²) in [5.41, 5.74) is 3.23. The van der Waals surface area contributed by atoms with E-state index in [4.69, 9.17) is 4.74 Å². The molecule has 3 aromatic rings. The molecule has 0 saturated heterocycles. The number of aromatic nitrogens is 1. The van der Waals surface area contributed by atoms with Gasteiger partial charge in [-0.3, -0.25) is 0 Å². The van der Waals surface area contributed by atoms with Gasteiger partial charge in [-0.15, -0.1) is 0 Å². The van der Waals surface area contributed by atoms with E-state index in [-0.39, 0.29) is 0 Å². The summed E-state index contributed by atoms with van der Waals surface area (Å²) in [5, 5.41) is 4.24. The van der Waals surface area contributed by atoms with Gasteiger partial charge >= 0.3 is 0 Å². The van der Waals surface area contributed by atoms with Gasteiger partial charge in [-0.1, -0.05) is 29.5 Å². The Labute approximate surface area is 122 Å². The van der Waals surface area contributed by atoms with Crippen molar-refractivity contribution >= 4 is 32.4 Å². The molecule has 3 rings (SSSR count). The number of benzene rings is 2. The first-order valence-corrected chi connectivity index (χ1v) is 7.44. The van der Waals surface area contributed by atoms with E-state index < -0.39 is 0 Å². The normalized spacial score (nSPS) is 10.7. The second-order valence-corrected chi connectivity index (χ2v) is 5.58. The van der Waals surface area contributed by atoms with Gasteiger partial charge in [0.2, 0.25) is 0 Å². The third-order valence-corrected chi connectivity index (χ3v) is 3.91. The summed E-state index contributed by atoms with van der Waals surface area (Å²) in [4.78, 5) is 4.60. The van der Waals surface area contributed by atoms with Crippen LogP contribution in [0.15, 0.2) is 42.5 Å². The van der Waals surface area contributed by atoms with Crippen LogP contribution in [0, 0.1) is 6.92 Å². The molecule has 0 unspecified atom stereocenters. The number of aryl methyl sites for hydroxylation is 1. The largest absolute Gasteiger partial charge is 0.492 e. The van der Waals surface area contributed by atoms with Gasteiger partial charge in [0.25, 0.3) is 0 Å². The van der Waals surface area contributed by atoms with Crippen LogP contribution in [0.1, 0.15) is 12.5 Å². The van der Waals surface area contributed by atoms with E-state index in [2.05, 4.69) is 35.4 Å². The number of para-hydroxylation sites is 2. The van der Waals surface area contributed by atoms with Crippen LogP contribution in [0.4, 0.5) is 10.8 Å². The Bertz CT molecular complexity index is 736. The molecule has 20 heavy (non-hydrogen) atoms. The Morgan fingerprint density at radius 3 is 2.90 bits per heavy atom. The van der Waals surface area contributed by atoms with E-state index in [1.54, 1.807) is 11.3 Å². The molecule has 0 aliphatic heterocycles. The molecule has 0 atom stereocenters. The van der Waals surface area contributed by atoms with Gasteiger partial charge in [-0.05, 0) is 43.7 Å². The van der Waals surface area contributed by atoms with Crippen LogP contribution in [0.3, 0.4) is 0 Å². The van der Waals surface area contributed by atoms with Crippen LogP contribution < -0.4 is 10.1 Å². The Morgan fingerprint density at radius 2 is 2.05 bits per heavy atom. The predicted molar refractivity (Wildman–Crippen MR) is 85.3 cm³/mol. The summed E-state index contributed by atoms with van der Waals surface area (Å²) >= 11 is 1.66. The fourth-order valence-electron chi connectivity index (χ4n) is 2.05. The van der Waals surface area contributed by atoms with Crippen molar-refractivity contribution in [1.29, 1.82) is 0 Å². The van der Waals surface area contributed by atoms with E-state index in [9.17, 15) is 0 Å². The number of hydrogen-bond donors (Lipinski definition) is 1. The molecule has 1 N–H and O–H groups in total. The van der Waals surface area contributed by atoms with E-state index >= 15 is 0 Å². The molecule has 0 bridgehead atoms. The fourth-order valence-corrected chi connectivity index (χ4v) is 3.03. The first-order valence-electron chi connectivity index (χ1n) is 6.62. The van der Waals surface area contributed by atoms with Crippen LogP contribution >= 0.6 is 11.3 Å². The third-order valence-electron chi connectivity index (χ3n) is 2.97. The van der Waals surface area contributed by atoms with Crippen molar-refractivity contribution in [1.82, 2.24) is 4.98 Å². The first kappa shape index (κ1) is 12.9. The lowest BCUT2D eigenvalue weighted by atomic mass is 10.2. The maximum atomic E-state index is 5.62. The zero-order chi connectivity index (χ0) is 13.9. The van der Waals surface area contributed by atoms with Gasteiger partial charge in [0.05, 0.1) is 22.5 Å². The smallest absolute Gasteiger partial charge is 0.188 e. The summed E-state index contributed by atoms with van der Waals surface area (Å²) in [6, 6.07) is 14.2. The molecule has 102 valence electrons. The summed E-state index contributed by atoms with van der Waals surface area (Å²) in [7, 11) is 0. The van der Waals surface area contributed by atoms with Crippen molar-refractivity contribution in [2.75, 3.05) is 11.9 Å². The molecule has 2 aromatic carbocycles. The summed E-state index contributed by atoms with van der Waals surface area (Å²) < 4.78 is 6.81. The highest BCUT2D eigenvalue weighted by Gasteiger charge is 2.07. The molecule has 0 aliphatic carbocycles. The number of hydrogen-bond acceptors (Lipinski definition) is 4. The summed E-state index contributed by atoms with van der Waals surface area (Å²) in [6.45, 7) is 4.73. The van der Waals surface area contributed by atoms with E-state index in [1.165, 1.54) is 10.3 Å². The van der Waals surface area contributed by atoms with Crippen molar-refractivity contribution in [2.45, 2.75) is 13.8 Å². The highest BCUT2D eigenvalue weighted by Crippen LogP contribution is 2.32. The molecule has 4 heteroatoms. The minimum absolute atomic E-state index is 0.651. The number of nitrogens with one attached hydrogen (secondary N) is 1. The highest BCUT2D eigenvalue weighted by molar-refractivity contribution is 7.22. The highest BCUT2D eigenvalue weighted by atomic mass is 32.1. The van der Waals surface area contributed by atoms with Crippen LogP contribution in [0.25, 0.3) is 10.2 Å². The maximum absolute atomic E-state index is 5.62. The van der Waals surface area contributed by atoms with E-state index in [0.29, 0.717) is 6.61 Å². The van der Waals surface area contributed by atoms with Gasteiger partial charge in [-0.25, -0.2) is 4.98 Å². The Morgan fingerprint density at radius 1 is 1.20 bits per heavy atom. The molecule has 1 aromatic heterocycles. The van der Waals surface area contributed by atoms with E-state index in [1.807, 2.05) is 31.2 Å². The molecule has 0 saturated carbocycles. The van der Waals surface area contributed by atoms with Gasteiger partial charge < -0.3 is 10.1 Å². The second-order valence-electron chi connectivity index (χ2n) is 4.54. The SMILES string of the molecule is CCOc1ccccc1Nc1nc2ccc(C)cc2s1. The van der Waals surface area contributed by atoms with Gasteiger partial charge in [0.1, 0.15) is 5.75 Å². The zero-order valence-electron chi connectivity index (χ0n) is 11.5. The quantitative estimate of drug-likeness (QED) is 0.751. The molecular formula is C16H16N2OS. The lowest BCUT2D eigenvalue weighted by molar-refractivity contribution is 0.342. The monoisotopic (exact) mass is 284 g/mol. The number of nitrogens with zero attached hydrogens (tertiary/aromatic N) is 1. The Kier molecular flexibility index (Phi) is 3.56. The Balaban J connectivity index is 1.93. The summed E-state index contributed by atoms with van der Waals surface area (Å²) in [5.74, 6) is 0.852. The average Bonchev–Trinajstić information content (AvgIpc) is 2.82. The molecule has 0 fully saturated rings. The van der Waals surface area contributed by atoms with Crippen LogP contribution in [0.2, 0.25) is 0 Å². The number of thiazole rings is 1. The van der Waals surface area contributed by atoms with Crippen LogP contribution in [0.5, 0.6) is 5.75 Å². The van der Waals surface area contributed by atoms with Crippen molar-refractivity contribution in [3.05, 3.63) is 48.0 Å². The predicted octanol–water partition coefficient (Wildman–Crippen LogP) is 4.75. The molecule has 3 nitrogen and oxygen atoms in total. The average molecular weight is 284 g/mol. The molecule has 0 spiro atoms. The lowest BCUT2D eigenvalue weighted by Gasteiger charge is -2.09. The first-order chi connectivity index (χ1) is 9.76. The number of rotatable bonds is 4. The van der Waals surface area contributed by atoms with Crippen LogP contribution in [-0.2, 0) is 0 Å². The van der Waals surface area contributed by atoms with Crippen molar-refractivity contribution in [3.63, 3.8) is 0 Å². The number of anilines is 2. The molecular weight excluding hydrogens is 268 g/mol. The van der Waals surface area contributed by atoms with E-state index in [0.717, 1.165) is 22.1 Å². The standard InChI is InChI=1S/C16H16N2OS/c1-3-19-14-7-5-4-6-12(14)17-16-18-13-9-8-11(2)10-15(13)20-16/h4-10H,3H2,1-2H3,(H,17,18). The maximum Gasteiger partial charge on any atom is 0.188 e. The van der Waals surface area contributed by atoms with Crippen molar-refractivity contribution in [3.8, 4) is 5.75 Å². The third kappa shape index (κ3) is 2.60. The fraction of sp³-hybridized carbons (Fsp3) is 0.188.